The van der Waals surface area contributed by atoms with Gasteiger partial charge in [-0.05, 0) is 11.4 Å². The molecule has 1 aliphatic heterocycles. The van der Waals surface area contributed by atoms with Crippen molar-refractivity contribution in [3.8, 4) is 0 Å². The predicted molar refractivity (Wildman–Crippen MR) is 67.0 cm³/mol. The molecule has 0 N–H and O–H groups in total. The van der Waals surface area contributed by atoms with Crippen molar-refractivity contribution in [2.24, 2.45) is 0 Å². The topological polar surface area (TPSA) is 20.3 Å². The van der Waals surface area contributed by atoms with Gasteiger partial charge in [0, 0.05) is 24.1 Å². The summed E-state index contributed by atoms with van der Waals surface area (Å²) in [6.07, 6.45) is 0. The van der Waals surface area contributed by atoms with Crippen molar-refractivity contribution in [3.63, 3.8) is 0 Å². The Morgan fingerprint density at radius 2 is 2.53 bits per heavy atom. The normalized spacial score (nSPS) is 22.9. The van der Waals surface area contributed by atoms with Crippen molar-refractivity contribution in [2.45, 2.75) is 12.2 Å². The Morgan fingerprint density at radius 1 is 1.67 bits per heavy atom. The van der Waals surface area contributed by atoms with Crippen LogP contribution in [0.15, 0.2) is 17.5 Å². The van der Waals surface area contributed by atoms with Gasteiger partial charge >= 0.3 is 0 Å². The summed E-state index contributed by atoms with van der Waals surface area (Å²) in [6.45, 7) is 4.91. The van der Waals surface area contributed by atoms with Gasteiger partial charge in [0.15, 0.2) is 5.78 Å². The van der Waals surface area contributed by atoms with Crippen molar-refractivity contribution >= 4 is 28.9 Å². The number of carbonyl (C=O) groups excluding carboxylic acids is 1. The van der Waals surface area contributed by atoms with Crippen LogP contribution in [0.1, 0.15) is 16.6 Å². The second-order valence-corrected chi connectivity index (χ2v) is 6.31. The fourth-order valence-electron chi connectivity index (χ4n) is 1.75. The zero-order valence-electron chi connectivity index (χ0n) is 8.81. The number of carbonyl (C=O) groups is 1. The third-order valence-corrected chi connectivity index (χ3v) is 4.54. The van der Waals surface area contributed by atoms with Gasteiger partial charge in [0.1, 0.15) is 0 Å². The highest BCUT2D eigenvalue weighted by Gasteiger charge is 2.19. The molecular formula is C11H15NOS2. The van der Waals surface area contributed by atoms with Crippen molar-refractivity contribution in [1.82, 2.24) is 4.90 Å². The Kier molecular flexibility index (Phi) is 3.83. The molecule has 0 radical (unpaired) electrons. The highest BCUT2D eigenvalue weighted by atomic mass is 32.2. The summed E-state index contributed by atoms with van der Waals surface area (Å²) in [5.41, 5.74) is 0. The molecular weight excluding hydrogens is 226 g/mol. The number of nitrogens with zero attached hydrogens (tertiary/aromatic N) is 1. The minimum absolute atomic E-state index is 0.268. The van der Waals surface area contributed by atoms with Crippen LogP contribution in [0.25, 0.3) is 0 Å². The van der Waals surface area contributed by atoms with Crippen LogP contribution in [-0.2, 0) is 0 Å². The molecule has 4 heteroatoms. The number of thioether (sulfide) groups is 1. The Labute approximate surface area is 98.7 Å². The average molecular weight is 241 g/mol. The molecule has 2 rings (SSSR count). The molecule has 1 aromatic heterocycles. The van der Waals surface area contributed by atoms with E-state index in [1.165, 1.54) is 11.3 Å². The van der Waals surface area contributed by atoms with Gasteiger partial charge in [0.25, 0.3) is 0 Å². The third kappa shape index (κ3) is 3.06. The van der Waals surface area contributed by atoms with Gasteiger partial charge in [-0.1, -0.05) is 13.0 Å². The number of rotatable bonds is 3. The van der Waals surface area contributed by atoms with Crippen LogP contribution in [0, 0.1) is 0 Å². The van der Waals surface area contributed by atoms with E-state index >= 15 is 0 Å². The predicted octanol–water partition coefficient (Wildman–Crippen LogP) is 2.37. The van der Waals surface area contributed by atoms with E-state index in [0.29, 0.717) is 11.8 Å². The maximum absolute atomic E-state index is 11.8. The molecule has 2 heterocycles. The summed E-state index contributed by atoms with van der Waals surface area (Å²) < 4.78 is 0. The Morgan fingerprint density at radius 3 is 3.20 bits per heavy atom. The molecule has 1 aliphatic rings. The van der Waals surface area contributed by atoms with Crippen LogP contribution in [0.3, 0.4) is 0 Å². The quantitative estimate of drug-likeness (QED) is 0.758. The number of ketones is 1. The molecule has 1 fully saturated rings. The third-order valence-electron chi connectivity index (χ3n) is 2.49. The van der Waals surface area contributed by atoms with Crippen LogP contribution in [0.4, 0.5) is 0 Å². The summed E-state index contributed by atoms with van der Waals surface area (Å²) in [4.78, 5) is 15.0. The molecule has 0 amide bonds. The maximum Gasteiger partial charge on any atom is 0.186 e. The van der Waals surface area contributed by atoms with Gasteiger partial charge in [0.2, 0.25) is 0 Å². The first-order chi connectivity index (χ1) is 7.25. The minimum Gasteiger partial charge on any atom is -0.294 e. The lowest BCUT2D eigenvalue weighted by molar-refractivity contribution is 0.0938. The Balaban J connectivity index is 1.89. The van der Waals surface area contributed by atoms with E-state index in [0.717, 1.165) is 23.7 Å². The molecule has 1 unspecified atom stereocenters. The standard InChI is InChI=1S/C11H15NOS2/c1-9-7-12(4-6-14-9)8-10(13)11-3-2-5-15-11/h2-3,5,9H,4,6-8H2,1H3. The molecule has 0 spiro atoms. The van der Waals surface area contributed by atoms with E-state index in [1.54, 1.807) is 0 Å². The van der Waals surface area contributed by atoms with E-state index in [9.17, 15) is 4.79 Å². The lowest BCUT2D eigenvalue weighted by Gasteiger charge is -2.29. The summed E-state index contributed by atoms with van der Waals surface area (Å²) in [5.74, 6) is 1.42. The first-order valence-corrected chi connectivity index (χ1v) is 7.09. The van der Waals surface area contributed by atoms with E-state index in [1.807, 2.05) is 29.3 Å². The number of hydrogen-bond acceptors (Lipinski definition) is 4. The summed E-state index contributed by atoms with van der Waals surface area (Å²) >= 11 is 3.53. The number of Topliss-reactive ketones (excluding diaryl/α,β-unsaturated/α-hetero) is 1. The lowest BCUT2D eigenvalue weighted by Crippen LogP contribution is -2.39. The largest absolute Gasteiger partial charge is 0.294 e. The van der Waals surface area contributed by atoms with Crippen molar-refractivity contribution < 1.29 is 4.79 Å². The summed E-state index contributed by atoms with van der Waals surface area (Å²) in [5, 5.41) is 2.62. The zero-order chi connectivity index (χ0) is 10.7. The zero-order valence-corrected chi connectivity index (χ0v) is 10.4. The number of thiophene rings is 1. The van der Waals surface area contributed by atoms with E-state index < -0.39 is 0 Å². The smallest absolute Gasteiger partial charge is 0.186 e. The summed E-state index contributed by atoms with van der Waals surface area (Å²) in [6, 6.07) is 3.85. The van der Waals surface area contributed by atoms with Gasteiger partial charge in [0.05, 0.1) is 11.4 Å². The van der Waals surface area contributed by atoms with E-state index in [-0.39, 0.29) is 5.78 Å². The molecule has 82 valence electrons. The van der Waals surface area contributed by atoms with Gasteiger partial charge in [-0.3, -0.25) is 9.69 Å². The van der Waals surface area contributed by atoms with Crippen LogP contribution in [0.2, 0.25) is 0 Å². The molecule has 1 aromatic rings. The number of hydrogen-bond donors (Lipinski definition) is 0. The molecule has 1 saturated heterocycles. The van der Waals surface area contributed by atoms with Crippen LogP contribution in [-0.4, -0.2) is 41.3 Å². The monoisotopic (exact) mass is 241 g/mol. The van der Waals surface area contributed by atoms with Crippen LogP contribution >= 0.6 is 23.1 Å². The van der Waals surface area contributed by atoms with Gasteiger partial charge in [-0.15, -0.1) is 11.3 Å². The second kappa shape index (κ2) is 5.14. The lowest BCUT2D eigenvalue weighted by atomic mass is 10.3. The molecule has 2 nitrogen and oxygen atoms in total. The summed E-state index contributed by atoms with van der Waals surface area (Å²) in [7, 11) is 0. The van der Waals surface area contributed by atoms with Crippen LogP contribution < -0.4 is 0 Å². The maximum atomic E-state index is 11.8. The van der Waals surface area contributed by atoms with Gasteiger partial charge in [-0.25, -0.2) is 0 Å². The van der Waals surface area contributed by atoms with Crippen molar-refractivity contribution in [1.29, 1.82) is 0 Å². The molecule has 0 saturated carbocycles. The van der Waals surface area contributed by atoms with Gasteiger partial charge < -0.3 is 0 Å². The van der Waals surface area contributed by atoms with Crippen molar-refractivity contribution in [3.05, 3.63) is 22.4 Å². The fraction of sp³-hybridized carbons (Fsp3) is 0.545. The molecule has 0 aromatic carbocycles. The minimum atomic E-state index is 0.268. The molecule has 0 bridgehead atoms. The molecule has 1 atom stereocenters. The SMILES string of the molecule is CC1CN(CC(=O)c2cccs2)CCS1. The molecule has 0 aliphatic carbocycles. The van der Waals surface area contributed by atoms with Gasteiger partial charge in [-0.2, -0.15) is 11.8 Å². The fourth-order valence-corrected chi connectivity index (χ4v) is 3.49. The van der Waals surface area contributed by atoms with Crippen LogP contribution in [0.5, 0.6) is 0 Å². The van der Waals surface area contributed by atoms with E-state index in [4.69, 9.17) is 0 Å². The highest BCUT2D eigenvalue weighted by Crippen LogP contribution is 2.18. The van der Waals surface area contributed by atoms with E-state index in [2.05, 4.69) is 11.8 Å². The Hall–Kier alpha value is -0.320. The molecule has 15 heavy (non-hydrogen) atoms. The Bertz CT molecular complexity index is 323. The first kappa shape index (κ1) is 11.2. The van der Waals surface area contributed by atoms with Crippen molar-refractivity contribution in [2.75, 3.05) is 25.4 Å². The first-order valence-electron chi connectivity index (χ1n) is 5.16. The second-order valence-electron chi connectivity index (χ2n) is 3.82. The average Bonchev–Trinajstić information content (AvgIpc) is 2.70. The highest BCUT2D eigenvalue weighted by molar-refractivity contribution is 7.99.